The van der Waals surface area contributed by atoms with Crippen LogP contribution in [-0.4, -0.2) is 11.0 Å². The summed E-state index contributed by atoms with van der Waals surface area (Å²) in [6.07, 6.45) is 4.13. The molecule has 0 saturated heterocycles. The van der Waals surface area contributed by atoms with E-state index in [0.717, 1.165) is 11.6 Å². The molecule has 1 heterocycles. The highest BCUT2D eigenvalue weighted by Crippen LogP contribution is 2.16. The fraction of sp³-hybridized carbons (Fsp3) is 0.583. The van der Waals surface area contributed by atoms with Gasteiger partial charge in [0.1, 0.15) is 5.15 Å². The smallest absolute Gasteiger partial charge is 0.131 e. The Labute approximate surface area is 97.1 Å². The Kier molecular flexibility index (Phi) is 4.89. The van der Waals surface area contributed by atoms with E-state index in [1.165, 1.54) is 12.8 Å². The van der Waals surface area contributed by atoms with E-state index in [9.17, 15) is 0 Å². The van der Waals surface area contributed by atoms with Gasteiger partial charge in [0.2, 0.25) is 0 Å². The van der Waals surface area contributed by atoms with Gasteiger partial charge in [0.15, 0.2) is 0 Å². The van der Waals surface area contributed by atoms with Crippen LogP contribution >= 0.6 is 11.6 Å². The molecule has 0 aromatic carbocycles. The molecule has 1 aromatic heterocycles. The predicted molar refractivity (Wildman–Crippen MR) is 66.4 cm³/mol. The number of anilines is 1. The first-order valence-corrected chi connectivity index (χ1v) is 5.87. The zero-order valence-corrected chi connectivity index (χ0v) is 10.4. The Bertz CT molecular complexity index is 301. The van der Waals surface area contributed by atoms with Crippen molar-refractivity contribution < 1.29 is 0 Å². The van der Waals surface area contributed by atoms with Gasteiger partial charge in [0, 0.05) is 17.9 Å². The van der Waals surface area contributed by atoms with Gasteiger partial charge in [-0.15, -0.1) is 0 Å². The standard InChI is InChI=1S/C12H19ClN2/c1-4-9(2)7-10(3)15-11-5-6-14-12(13)8-11/h5-6,8-10H,4,7H2,1-3H3,(H,14,15). The zero-order valence-electron chi connectivity index (χ0n) is 9.63. The summed E-state index contributed by atoms with van der Waals surface area (Å²) in [4.78, 5) is 3.95. The summed E-state index contributed by atoms with van der Waals surface area (Å²) in [5, 5.41) is 3.96. The SMILES string of the molecule is CCC(C)CC(C)Nc1ccnc(Cl)c1. The lowest BCUT2D eigenvalue weighted by molar-refractivity contribution is 0.484. The molecule has 0 radical (unpaired) electrons. The quantitative estimate of drug-likeness (QED) is 0.769. The number of aromatic nitrogens is 1. The van der Waals surface area contributed by atoms with Crippen LogP contribution in [0.1, 0.15) is 33.6 Å². The molecule has 1 aromatic rings. The first kappa shape index (κ1) is 12.3. The summed E-state index contributed by atoms with van der Waals surface area (Å²) in [6.45, 7) is 6.69. The molecule has 0 bridgehead atoms. The molecule has 2 nitrogen and oxygen atoms in total. The van der Waals surface area contributed by atoms with Gasteiger partial charge in [-0.05, 0) is 31.4 Å². The van der Waals surface area contributed by atoms with Crippen molar-refractivity contribution in [3.05, 3.63) is 23.5 Å². The second-order valence-corrected chi connectivity index (χ2v) is 4.55. The van der Waals surface area contributed by atoms with Gasteiger partial charge in [-0.25, -0.2) is 4.98 Å². The molecule has 1 rings (SSSR count). The van der Waals surface area contributed by atoms with E-state index in [2.05, 4.69) is 31.1 Å². The average Bonchev–Trinajstić information content (AvgIpc) is 2.17. The fourth-order valence-corrected chi connectivity index (χ4v) is 1.78. The van der Waals surface area contributed by atoms with Crippen LogP contribution < -0.4 is 5.32 Å². The maximum Gasteiger partial charge on any atom is 0.131 e. The Hall–Kier alpha value is -0.760. The van der Waals surface area contributed by atoms with E-state index in [-0.39, 0.29) is 0 Å². The molecule has 15 heavy (non-hydrogen) atoms. The summed E-state index contributed by atoms with van der Waals surface area (Å²) in [6, 6.07) is 4.27. The lowest BCUT2D eigenvalue weighted by Gasteiger charge is -2.18. The number of halogens is 1. The average molecular weight is 227 g/mol. The largest absolute Gasteiger partial charge is 0.382 e. The first-order valence-electron chi connectivity index (χ1n) is 5.50. The van der Waals surface area contributed by atoms with E-state index in [1.54, 1.807) is 6.20 Å². The molecule has 0 amide bonds. The van der Waals surface area contributed by atoms with Crippen LogP contribution in [0.5, 0.6) is 0 Å². The fourth-order valence-electron chi connectivity index (χ4n) is 1.61. The molecule has 0 fully saturated rings. The van der Waals surface area contributed by atoms with Crippen molar-refractivity contribution in [3.63, 3.8) is 0 Å². The van der Waals surface area contributed by atoms with Crippen LogP contribution in [0.25, 0.3) is 0 Å². The van der Waals surface area contributed by atoms with Gasteiger partial charge in [-0.1, -0.05) is 31.9 Å². The second-order valence-electron chi connectivity index (χ2n) is 4.16. The number of nitrogens with zero attached hydrogens (tertiary/aromatic N) is 1. The third-order valence-corrected chi connectivity index (χ3v) is 2.80. The molecule has 0 aliphatic rings. The molecule has 3 heteroatoms. The van der Waals surface area contributed by atoms with Crippen molar-refractivity contribution in [3.8, 4) is 0 Å². The number of rotatable bonds is 5. The molecule has 0 aliphatic carbocycles. The number of hydrogen-bond donors (Lipinski definition) is 1. The van der Waals surface area contributed by atoms with Gasteiger partial charge in [-0.2, -0.15) is 0 Å². The van der Waals surface area contributed by atoms with Crippen molar-refractivity contribution in [1.82, 2.24) is 4.98 Å². The summed E-state index contributed by atoms with van der Waals surface area (Å²) in [7, 11) is 0. The van der Waals surface area contributed by atoms with E-state index < -0.39 is 0 Å². The topological polar surface area (TPSA) is 24.9 Å². The minimum atomic E-state index is 0.471. The maximum absolute atomic E-state index is 5.81. The molecule has 0 spiro atoms. The van der Waals surface area contributed by atoms with Gasteiger partial charge in [0.05, 0.1) is 0 Å². The molecular weight excluding hydrogens is 208 g/mol. The van der Waals surface area contributed by atoms with Crippen LogP contribution in [0.3, 0.4) is 0 Å². The molecular formula is C12H19ClN2. The van der Waals surface area contributed by atoms with E-state index >= 15 is 0 Å². The summed E-state index contributed by atoms with van der Waals surface area (Å²) >= 11 is 5.81. The number of pyridine rings is 1. The lowest BCUT2D eigenvalue weighted by Crippen LogP contribution is -2.18. The monoisotopic (exact) mass is 226 g/mol. The highest BCUT2D eigenvalue weighted by Gasteiger charge is 2.06. The highest BCUT2D eigenvalue weighted by atomic mass is 35.5. The zero-order chi connectivity index (χ0) is 11.3. The summed E-state index contributed by atoms with van der Waals surface area (Å²) in [5.74, 6) is 0.754. The lowest BCUT2D eigenvalue weighted by atomic mass is 10.0. The highest BCUT2D eigenvalue weighted by molar-refractivity contribution is 6.29. The minimum absolute atomic E-state index is 0.471. The number of hydrogen-bond acceptors (Lipinski definition) is 2. The molecule has 84 valence electrons. The van der Waals surface area contributed by atoms with Crippen molar-refractivity contribution in [2.75, 3.05) is 5.32 Å². The van der Waals surface area contributed by atoms with Crippen LogP contribution in [0.4, 0.5) is 5.69 Å². The Morgan fingerprint density at radius 2 is 2.20 bits per heavy atom. The summed E-state index contributed by atoms with van der Waals surface area (Å²) in [5.41, 5.74) is 1.05. The van der Waals surface area contributed by atoms with Crippen LogP contribution in [-0.2, 0) is 0 Å². The van der Waals surface area contributed by atoms with Crippen LogP contribution in [0.15, 0.2) is 18.3 Å². The van der Waals surface area contributed by atoms with Crippen LogP contribution in [0.2, 0.25) is 5.15 Å². The third kappa shape index (κ3) is 4.52. The Morgan fingerprint density at radius 1 is 1.47 bits per heavy atom. The van der Waals surface area contributed by atoms with Gasteiger partial charge in [-0.3, -0.25) is 0 Å². The van der Waals surface area contributed by atoms with Crippen molar-refractivity contribution in [2.45, 2.75) is 39.7 Å². The summed E-state index contributed by atoms with van der Waals surface area (Å²) < 4.78 is 0. The maximum atomic E-state index is 5.81. The first-order chi connectivity index (χ1) is 7.11. The van der Waals surface area contributed by atoms with Gasteiger partial charge >= 0.3 is 0 Å². The predicted octanol–water partition coefficient (Wildman–Crippen LogP) is 3.97. The second kappa shape index (κ2) is 5.96. The minimum Gasteiger partial charge on any atom is -0.382 e. The number of nitrogens with one attached hydrogen (secondary N) is 1. The molecule has 1 N–H and O–H groups in total. The van der Waals surface area contributed by atoms with Crippen LogP contribution in [0, 0.1) is 5.92 Å². The molecule has 2 atom stereocenters. The van der Waals surface area contributed by atoms with E-state index in [1.807, 2.05) is 12.1 Å². The molecule has 2 unspecified atom stereocenters. The Morgan fingerprint density at radius 3 is 2.80 bits per heavy atom. The normalized spacial score (nSPS) is 14.7. The van der Waals surface area contributed by atoms with Crippen molar-refractivity contribution in [1.29, 1.82) is 0 Å². The Balaban J connectivity index is 2.47. The van der Waals surface area contributed by atoms with E-state index in [4.69, 9.17) is 11.6 Å². The van der Waals surface area contributed by atoms with Gasteiger partial charge < -0.3 is 5.32 Å². The van der Waals surface area contributed by atoms with Crippen molar-refractivity contribution >= 4 is 17.3 Å². The third-order valence-electron chi connectivity index (χ3n) is 2.59. The van der Waals surface area contributed by atoms with Gasteiger partial charge in [0.25, 0.3) is 0 Å². The van der Waals surface area contributed by atoms with E-state index in [0.29, 0.717) is 11.2 Å². The molecule has 0 aliphatic heterocycles. The molecule has 0 saturated carbocycles. The van der Waals surface area contributed by atoms with Crippen molar-refractivity contribution in [2.24, 2.45) is 5.92 Å².